The van der Waals surface area contributed by atoms with Gasteiger partial charge in [-0.05, 0) is 45.9 Å². The fourth-order valence-corrected chi connectivity index (χ4v) is 2.76. The molecule has 0 aliphatic heterocycles. The van der Waals surface area contributed by atoms with Gasteiger partial charge in [-0.1, -0.05) is 6.07 Å². The van der Waals surface area contributed by atoms with Gasteiger partial charge in [0.2, 0.25) is 0 Å². The Morgan fingerprint density at radius 1 is 1.16 bits per heavy atom. The lowest BCUT2D eigenvalue weighted by atomic mass is 10.2. The highest BCUT2D eigenvalue weighted by Crippen LogP contribution is 2.15. The zero-order valence-corrected chi connectivity index (χ0v) is 15.4. The number of hydrogen-bond acceptors (Lipinski definition) is 5. The second-order valence-corrected chi connectivity index (χ2v) is 6.48. The summed E-state index contributed by atoms with van der Waals surface area (Å²) in [7, 11) is 0. The number of carbonyl (C=O) groups is 1. The van der Waals surface area contributed by atoms with Gasteiger partial charge in [0.05, 0.1) is 6.20 Å². The van der Waals surface area contributed by atoms with Crippen LogP contribution in [0.15, 0.2) is 42.9 Å². The van der Waals surface area contributed by atoms with E-state index < -0.39 is 0 Å². The minimum atomic E-state index is -0.0738. The number of amides is 1. The third-order valence-corrected chi connectivity index (χ3v) is 3.94. The van der Waals surface area contributed by atoms with E-state index in [0.717, 1.165) is 12.2 Å². The van der Waals surface area contributed by atoms with Gasteiger partial charge in [0.25, 0.3) is 5.91 Å². The molecule has 0 fully saturated rings. The summed E-state index contributed by atoms with van der Waals surface area (Å²) in [5, 5.41) is 6.14. The van der Waals surface area contributed by atoms with Crippen molar-refractivity contribution in [3.8, 4) is 0 Å². The van der Waals surface area contributed by atoms with Gasteiger partial charge in [0.15, 0.2) is 0 Å². The lowest BCUT2D eigenvalue weighted by molar-refractivity contribution is 0.0939. The molecule has 0 radical (unpaired) electrons. The molecule has 0 atom stereocenters. The molecule has 2 aromatic rings. The number of nitrogens with zero attached hydrogens (tertiary/aromatic N) is 3. The van der Waals surface area contributed by atoms with Crippen LogP contribution >= 0.6 is 0 Å². The molecule has 1 aromatic heterocycles. The van der Waals surface area contributed by atoms with E-state index >= 15 is 0 Å². The summed E-state index contributed by atoms with van der Waals surface area (Å²) in [6.45, 7) is 10.1. The van der Waals surface area contributed by atoms with Crippen LogP contribution in [0.3, 0.4) is 0 Å². The Labute approximate surface area is 149 Å². The van der Waals surface area contributed by atoms with Gasteiger partial charge < -0.3 is 10.6 Å². The van der Waals surface area contributed by atoms with Gasteiger partial charge in [0, 0.05) is 48.8 Å². The lowest BCUT2D eigenvalue weighted by Gasteiger charge is -2.30. The number of anilines is 2. The minimum absolute atomic E-state index is 0.0738. The maximum absolute atomic E-state index is 12.4. The Morgan fingerprint density at radius 3 is 2.56 bits per heavy atom. The van der Waals surface area contributed by atoms with E-state index in [1.165, 1.54) is 0 Å². The van der Waals surface area contributed by atoms with E-state index in [-0.39, 0.29) is 5.91 Å². The van der Waals surface area contributed by atoms with Crippen molar-refractivity contribution in [2.45, 2.75) is 39.8 Å². The van der Waals surface area contributed by atoms with Crippen LogP contribution in [0.4, 0.5) is 11.5 Å². The molecule has 0 unspecified atom stereocenters. The Morgan fingerprint density at radius 2 is 1.92 bits per heavy atom. The first-order valence-corrected chi connectivity index (χ1v) is 8.64. The van der Waals surface area contributed by atoms with E-state index in [0.29, 0.717) is 30.0 Å². The topological polar surface area (TPSA) is 70.2 Å². The Kier molecular flexibility index (Phi) is 6.89. The van der Waals surface area contributed by atoms with Crippen molar-refractivity contribution in [2.24, 2.45) is 0 Å². The van der Waals surface area contributed by atoms with Crippen LogP contribution in [0, 0.1) is 0 Å². The molecule has 25 heavy (non-hydrogen) atoms. The zero-order valence-electron chi connectivity index (χ0n) is 15.4. The molecule has 1 amide bonds. The second-order valence-electron chi connectivity index (χ2n) is 6.48. The molecule has 0 saturated heterocycles. The molecule has 6 heteroatoms. The SMILES string of the molecule is CC(C)N(CCNC(=O)c1cccc(Nc2cnccn2)c1)C(C)C. The summed E-state index contributed by atoms with van der Waals surface area (Å²) in [5.41, 5.74) is 1.42. The van der Waals surface area contributed by atoms with Crippen molar-refractivity contribution >= 4 is 17.4 Å². The molecule has 1 aromatic carbocycles. The molecule has 6 nitrogen and oxygen atoms in total. The summed E-state index contributed by atoms with van der Waals surface area (Å²) < 4.78 is 0. The average Bonchev–Trinajstić information content (AvgIpc) is 2.59. The van der Waals surface area contributed by atoms with E-state index in [1.807, 2.05) is 18.2 Å². The summed E-state index contributed by atoms with van der Waals surface area (Å²) in [4.78, 5) is 22.9. The predicted molar refractivity (Wildman–Crippen MR) is 101 cm³/mol. The highest BCUT2D eigenvalue weighted by atomic mass is 16.1. The van der Waals surface area contributed by atoms with Gasteiger partial charge in [-0.2, -0.15) is 0 Å². The van der Waals surface area contributed by atoms with Crippen LogP contribution in [0.25, 0.3) is 0 Å². The van der Waals surface area contributed by atoms with Crippen molar-refractivity contribution in [1.29, 1.82) is 0 Å². The first kappa shape index (κ1) is 18.9. The van der Waals surface area contributed by atoms with Crippen LogP contribution in [-0.2, 0) is 0 Å². The number of nitrogens with one attached hydrogen (secondary N) is 2. The summed E-state index contributed by atoms with van der Waals surface area (Å²) in [6, 6.07) is 8.27. The van der Waals surface area contributed by atoms with Crippen LogP contribution in [0.2, 0.25) is 0 Å². The minimum Gasteiger partial charge on any atom is -0.351 e. The van der Waals surface area contributed by atoms with Gasteiger partial charge >= 0.3 is 0 Å². The molecule has 0 aliphatic rings. The summed E-state index contributed by atoms with van der Waals surface area (Å²) in [6.07, 6.45) is 4.87. The second kappa shape index (κ2) is 9.13. The highest BCUT2D eigenvalue weighted by Gasteiger charge is 2.13. The Hall–Kier alpha value is -2.47. The zero-order chi connectivity index (χ0) is 18.2. The molecular formula is C19H27N5O. The molecule has 2 rings (SSSR count). The van der Waals surface area contributed by atoms with Crippen LogP contribution < -0.4 is 10.6 Å². The van der Waals surface area contributed by atoms with Crippen molar-refractivity contribution < 1.29 is 4.79 Å². The van der Waals surface area contributed by atoms with E-state index in [2.05, 4.69) is 53.2 Å². The van der Waals surface area contributed by atoms with Crippen LogP contribution in [0.1, 0.15) is 38.1 Å². The molecule has 0 bridgehead atoms. The standard InChI is InChI=1S/C19H27N5O/c1-14(2)24(15(3)4)11-10-22-19(25)16-6-5-7-17(12-16)23-18-13-20-8-9-21-18/h5-9,12-15H,10-11H2,1-4H3,(H,21,23)(H,22,25). The highest BCUT2D eigenvalue weighted by molar-refractivity contribution is 5.95. The van der Waals surface area contributed by atoms with Gasteiger partial charge in [-0.25, -0.2) is 4.98 Å². The first-order valence-electron chi connectivity index (χ1n) is 8.64. The number of aromatic nitrogens is 2. The third kappa shape index (κ3) is 5.83. The monoisotopic (exact) mass is 341 g/mol. The van der Waals surface area contributed by atoms with Gasteiger partial charge in [0.1, 0.15) is 5.82 Å². The average molecular weight is 341 g/mol. The third-order valence-electron chi connectivity index (χ3n) is 3.94. The van der Waals surface area contributed by atoms with Crippen LogP contribution in [0.5, 0.6) is 0 Å². The summed E-state index contributed by atoms with van der Waals surface area (Å²) in [5.74, 6) is 0.569. The van der Waals surface area contributed by atoms with Gasteiger partial charge in [-0.15, -0.1) is 0 Å². The van der Waals surface area contributed by atoms with Crippen molar-refractivity contribution in [2.75, 3.05) is 18.4 Å². The maximum atomic E-state index is 12.4. The Balaban J connectivity index is 1.92. The lowest BCUT2D eigenvalue weighted by Crippen LogP contribution is -2.42. The quantitative estimate of drug-likeness (QED) is 0.772. The van der Waals surface area contributed by atoms with Crippen molar-refractivity contribution in [3.63, 3.8) is 0 Å². The Bertz CT molecular complexity index is 665. The number of rotatable bonds is 8. The first-order chi connectivity index (χ1) is 12.0. The molecule has 134 valence electrons. The summed E-state index contributed by atoms with van der Waals surface area (Å²) >= 11 is 0. The molecular weight excluding hydrogens is 314 g/mol. The van der Waals surface area contributed by atoms with E-state index in [1.54, 1.807) is 24.7 Å². The predicted octanol–water partition coefficient (Wildman–Crippen LogP) is 3.07. The molecule has 2 N–H and O–H groups in total. The van der Waals surface area contributed by atoms with Crippen molar-refractivity contribution in [1.82, 2.24) is 20.2 Å². The molecule has 1 heterocycles. The number of hydrogen-bond donors (Lipinski definition) is 2. The fourth-order valence-electron chi connectivity index (χ4n) is 2.76. The van der Waals surface area contributed by atoms with E-state index in [9.17, 15) is 4.79 Å². The number of benzene rings is 1. The molecule has 0 saturated carbocycles. The number of carbonyl (C=O) groups excluding carboxylic acids is 1. The van der Waals surface area contributed by atoms with Crippen molar-refractivity contribution in [3.05, 3.63) is 48.4 Å². The molecule has 0 spiro atoms. The smallest absolute Gasteiger partial charge is 0.251 e. The normalized spacial score (nSPS) is 11.2. The molecule has 0 aliphatic carbocycles. The maximum Gasteiger partial charge on any atom is 0.251 e. The van der Waals surface area contributed by atoms with Gasteiger partial charge in [-0.3, -0.25) is 14.7 Å². The largest absolute Gasteiger partial charge is 0.351 e. The van der Waals surface area contributed by atoms with Crippen LogP contribution in [-0.4, -0.2) is 45.9 Å². The fraction of sp³-hybridized carbons (Fsp3) is 0.421. The van der Waals surface area contributed by atoms with E-state index in [4.69, 9.17) is 0 Å².